The van der Waals surface area contributed by atoms with Crippen LogP contribution in [0.4, 0.5) is 0 Å². The zero-order chi connectivity index (χ0) is 17.5. The minimum Gasteiger partial charge on any atom is -0.481 e. The van der Waals surface area contributed by atoms with E-state index in [2.05, 4.69) is 29.6 Å². The summed E-state index contributed by atoms with van der Waals surface area (Å²) in [6.07, 6.45) is 6.23. The van der Waals surface area contributed by atoms with E-state index in [0.717, 1.165) is 31.4 Å². The molecule has 0 fully saturated rings. The van der Waals surface area contributed by atoms with Crippen LogP contribution in [-0.2, 0) is 24.1 Å². The van der Waals surface area contributed by atoms with Crippen molar-refractivity contribution in [2.75, 3.05) is 6.54 Å². The summed E-state index contributed by atoms with van der Waals surface area (Å²) in [6.45, 7) is 2.48. The van der Waals surface area contributed by atoms with Gasteiger partial charge < -0.3 is 10.1 Å². The highest BCUT2D eigenvalue weighted by molar-refractivity contribution is 5.80. The summed E-state index contributed by atoms with van der Waals surface area (Å²) in [5, 5.41) is 2.97. The Kier molecular flexibility index (Phi) is 6.10. The molecular formula is C22H27NO2. The topological polar surface area (TPSA) is 38.3 Å². The highest BCUT2D eigenvalue weighted by Gasteiger charge is 2.16. The SMILES string of the molecule is C[C@H](Oc1ccc2c(c1)CCCC2)C(=O)NCCCc1ccccc1. The van der Waals surface area contributed by atoms with Gasteiger partial charge in [-0.05, 0) is 74.3 Å². The molecule has 1 aliphatic carbocycles. The van der Waals surface area contributed by atoms with Crippen LogP contribution in [0.2, 0.25) is 0 Å². The van der Waals surface area contributed by atoms with Crippen molar-refractivity contribution in [1.82, 2.24) is 5.32 Å². The molecule has 0 saturated heterocycles. The van der Waals surface area contributed by atoms with Crippen LogP contribution in [0.3, 0.4) is 0 Å². The van der Waals surface area contributed by atoms with E-state index in [4.69, 9.17) is 4.74 Å². The summed E-state index contributed by atoms with van der Waals surface area (Å²) in [5.41, 5.74) is 4.10. The van der Waals surface area contributed by atoms with Crippen molar-refractivity contribution in [3.8, 4) is 5.75 Å². The van der Waals surface area contributed by atoms with Gasteiger partial charge in [-0.15, -0.1) is 0 Å². The van der Waals surface area contributed by atoms with Crippen molar-refractivity contribution >= 4 is 5.91 Å². The number of aryl methyl sites for hydroxylation is 3. The monoisotopic (exact) mass is 337 g/mol. The van der Waals surface area contributed by atoms with Crippen molar-refractivity contribution in [3.05, 3.63) is 65.2 Å². The van der Waals surface area contributed by atoms with E-state index < -0.39 is 6.10 Å². The highest BCUT2D eigenvalue weighted by Crippen LogP contribution is 2.25. The molecule has 0 bridgehead atoms. The summed E-state index contributed by atoms with van der Waals surface area (Å²) < 4.78 is 5.85. The molecule has 2 aromatic carbocycles. The van der Waals surface area contributed by atoms with Gasteiger partial charge in [0.1, 0.15) is 5.75 Å². The quantitative estimate of drug-likeness (QED) is 0.773. The zero-order valence-electron chi connectivity index (χ0n) is 15.0. The van der Waals surface area contributed by atoms with Gasteiger partial charge in [0.15, 0.2) is 6.10 Å². The maximum absolute atomic E-state index is 12.2. The van der Waals surface area contributed by atoms with E-state index in [1.807, 2.05) is 31.2 Å². The predicted octanol–water partition coefficient (Wildman–Crippen LogP) is 4.08. The van der Waals surface area contributed by atoms with E-state index in [9.17, 15) is 4.79 Å². The van der Waals surface area contributed by atoms with Gasteiger partial charge >= 0.3 is 0 Å². The third-order valence-corrected chi connectivity index (χ3v) is 4.79. The van der Waals surface area contributed by atoms with Gasteiger partial charge in [0.2, 0.25) is 0 Å². The fraction of sp³-hybridized carbons (Fsp3) is 0.409. The third-order valence-electron chi connectivity index (χ3n) is 4.79. The molecule has 25 heavy (non-hydrogen) atoms. The van der Waals surface area contributed by atoms with Gasteiger partial charge in [-0.25, -0.2) is 0 Å². The normalized spacial score (nSPS) is 14.4. The first-order chi connectivity index (χ1) is 12.2. The van der Waals surface area contributed by atoms with E-state index in [0.29, 0.717) is 6.54 Å². The first-order valence-electron chi connectivity index (χ1n) is 9.32. The summed E-state index contributed by atoms with van der Waals surface area (Å²) in [5.74, 6) is 0.748. The Labute approximate surface area is 150 Å². The fourth-order valence-corrected chi connectivity index (χ4v) is 3.33. The van der Waals surface area contributed by atoms with Crippen LogP contribution in [0, 0.1) is 0 Å². The number of nitrogens with one attached hydrogen (secondary N) is 1. The average molecular weight is 337 g/mol. The van der Waals surface area contributed by atoms with Crippen LogP contribution in [0.1, 0.15) is 42.9 Å². The van der Waals surface area contributed by atoms with E-state index in [1.54, 1.807) is 0 Å². The second-order valence-electron chi connectivity index (χ2n) is 6.78. The van der Waals surface area contributed by atoms with Crippen LogP contribution in [-0.4, -0.2) is 18.6 Å². The van der Waals surface area contributed by atoms with Crippen LogP contribution >= 0.6 is 0 Å². The smallest absolute Gasteiger partial charge is 0.260 e. The Bertz CT molecular complexity index is 696. The second kappa shape index (κ2) is 8.70. The molecule has 132 valence electrons. The molecular weight excluding hydrogens is 310 g/mol. The number of ether oxygens (including phenoxy) is 1. The van der Waals surface area contributed by atoms with Gasteiger partial charge in [-0.2, -0.15) is 0 Å². The van der Waals surface area contributed by atoms with Crippen LogP contribution in [0.5, 0.6) is 5.75 Å². The number of carbonyl (C=O) groups is 1. The van der Waals surface area contributed by atoms with Crippen LogP contribution in [0.15, 0.2) is 48.5 Å². The van der Waals surface area contributed by atoms with Gasteiger partial charge in [0, 0.05) is 6.54 Å². The third kappa shape index (κ3) is 5.09. The molecule has 1 amide bonds. The minimum absolute atomic E-state index is 0.0502. The Hall–Kier alpha value is -2.29. The molecule has 3 heteroatoms. The van der Waals surface area contributed by atoms with Crippen molar-refractivity contribution in [2.24, 2.45) is 0 Å². The highest BCUT2D eigenvalue weighted by atomic mass is 16.5. The van der Waals surface area contributed by atoms with Crippen LogP contribution in [0.25, 0.3) is 0 Å². The van der Waals surface area contributed by atoms with Crippen molar-refractivity contribution in [3.63, 3.8) is 0 Å². The number of rotatable bonds is 7. The van der Waals surface area contributed by atoms with E-state index in [-0.39, 0.29) is 5.91 Å². The molecule has 3 nitrogen and oxygen atoms in total. The Morgan fingerprint density at radius 3 is 2.64 bits per heavy atom. The van der Waals surface area contributed by atoms with Gasteiger partial charge in [0.05, 0.1) is 0 Å². The molecule has 0 radical (unpaired) electrons. The summed E-state index contributed by atoms with van der Waals surface area (Å²) in [6, 6.07) is 16.6. The molecule has 3 rings (SSSR count). The molecule has 0 unspecified atom stereocenters. The Morgan fingerprint density at radius 2 is 1.84 bits per heavy atom. The predicted molar refractivity (Wildman–Crippen MR) is 101 cm³/mol. The largest absolute Gasteiger partial charge is 0.481 e. The molecule has 1 N–H and O–H groups in total. The van der Waals surface area contributed by atoms with Crippen LogP contribution < -0.4 is 10.1 Å². The van der Waals surface area contributed by atoms with Crippen molar-refractivity contribution in [2.45, 2.75) is 51.6 Å². The number of carbonyl (C=O) groups excluding carboxylic acids is 1. The first-order valence-corrected chi connectivity index (χ1v) is 9.32. The second-order valence-corrected chi connectivity index (χ2v) is 6.78. The zero-order valence-corrected chi connectivity index (χ0v) is 15.0. The van der Waals surface area contributed by atoms with Gasteiger partial charge in [-0.3, -0.25) is 4.79 Å². The molecule has 0 spiro atoms. The lowest BCUT2D eigenvalue weighted by Crippen LogP contribution is -2.37. The number of fused-ring (bicyclic) bond motifs is 1. The first kappa shape index (κ1) is 17.5. The standard InChI is InChI=1S/C22H27NO2/c1-17(22(24)23-15-7-10-18-8-3-2-4-9-18)25-21-14-13-19-11-5-6-12-20(19)16-21/h2-4,8-9,13-14,16-17H,5-7,10-12,15H2,1H3,(H,23,24)/t17-/m0/s1. The van der Waals surface area contributed by atoms with Crippen molar-refractivity contribution in [1.29, 1.82) is 0 Å². The molecule has 0 aromatic heterocycles. The van der Waals surface area contributed by atoms with Crippen molar-refractivity contribution < 1.29 is 9.53 Å². The summed E-state index contributed by atoms with van der Waals surface area (Å²) >= 11 is 0. The molecule has 0 saturated carbocycles. The van der Waals surface area contributed by atoms with E-state index >= 15 is 0 Å². The number of amides is 1. The Balaban J connectivity index is 1.43. The molecule has 1 aliphatic rings. The average Bonchev–Trinajstić information content (AvgIpc) is 2.65. The number of benzene rings is 2. The molecule has 0 aliphatic heterocycles. The summed E-state index contributed by atoms with van der Waals surface area (Å²) in [7, 11) is 0. The van der Waals surface area contributed by atoms with E-state index in [1.165, 1.54) is 29.5 Å². The molecule has 0 heterocycles. The molecule has 2 aromatic rings. The lowest BCUT2D eigenvalue weighted by atomic mass is 9.92. The fourth-order valence-electron chi connectivity index (χ4n) is 3.33. The summed E-state index contributed by atoms with van der Waals surface area (Å²) in [4.78, 5) is 12.2. The lowest BCUT2D eigenvalue weighted by molar-refractivity contribution is -0.127. The lowest BCUT2D eigenvalue weighted by Gasteiger charge is -2.19. The number of hydrogen-bond acceptors (Lipinski definition) is 2. The molecule has 1 atom stereocenters. The maximum atomic E-state index is 12.2. The maximum Gasteiger partial charge on any atom is 0.260 e. The number of hydrogen-bond donors (Lipinski definition) is 1. The Morgan fingerprint density at radius 1 is 1.08 bits per heavy atom. The minimum atomic E-state index is -0.474. The van der Waals surface area contributed by atoms with Gasteiger partial charge in [0.25, 0.3) is 5.91 Å². The van der Waals surface area contributed by atoms with Gasteiger partial charge in [-0.1, -0.05) is 36.4 Å².